The minimum absolute atomic E-state index is 0.271. The Kier molecular flexibility index (Phi) is 3.83. The highest BCUT2D eigenvalue weighted by Gasteiger charge is 2.32. The van der Waals surface area contributed by atoms with Gasteiger partial charge in [0.05, 0.1) is 0 Å². The van der Waals surface area contributed by atoms with Crippen molar-refractivity contribution < 1.29 is 14.3 Å². The average Bonchev–Trinajstić information content (AvgIpc) is 3.09. The van der Waals surface area contributed by atoms with Crippen LogP contribution in [0.25, 0.3) is 0 Å². The third kappa shape index (κ3) is 3.02. The Hall–Kier alpha value is -2.02. The summed E-state index contributed by atoms with van der Waals surface area (Å²) in [4.78, 5) is 17.4. The molecule has 5 nitrogen and oxygen atoms in total. The first-order valence-electron chi connectivity index (χ1n) is 6.70. The number of rotatable bonds is 4. The van der Waals surface area contributed by atoms with Crippen molar-refractivity contribution >= 4 is 22.6 Å². The quantitative estimate of drug-likeness (QED) is 0.939. The van der Waals surface area contributed by atoms with E-state index in [1.807, 2.05) is 0 Å². The van der Waals surface area contributed by atoms with Crippen LogP contribution in [0.5, 0.6) is 0 Å². The number of carboxylic acid groups (broad SMARTS) is 1. The molecule has 21 heavy (non-hydrogen) atoms. The monoisotopic (exact) mass is 307 g/mol. The summed E-state index contributed by atoms with van der Waals surface area (Å²) >= 11 is 1.22. The van der Waals surface area contributed by atoms with Gasteiger partial charge in [0.25, 0.3) is 0 Å². The smallest absolute Gasteiger partial charge is 0.326 e. The van der Waals surface area contributed by atoms with E-state index in [0.29, 0.717) is 30.3 Å². The number of benzene rings is 1. The van der Waals surface area contributed by atoms with Crippen molar-refractivity contribution in [1.82, 2.24) is 9.36 Å². The largest absolute Gasteiger partial charge is 0.480 e. The number of carboxylic acids is 1. The lowest BCUT2D eigenvalue weighted by molar-refractivity contribution is -0.138. The number of hydrogen-bond donors (Lipinski definition) is 1. The maximum absolute atomic E-state index is 12.9. The highest BCUT2D eigenvalue weighted by atomic mass is 32.1. The summed E-state index contributed by atoms with van der Waals surface area (Å²) in [6, 6.07) is 5.71. The van der Waals surface area contributed by atoms with Crippen molar-refractivity contribution in [2.75, 3.05) is 11.4 Å². The van der Waals surface area contributed by atoms with Crippen molar-refractivity contribution in [1.29, 1.82) is 0 Å². The molecule has 2 heterocycles. The van der Waals surface area contributed by atoms with Crippen LogP contribution in [0.3, 0.4) is 0 Å². The standard InChI is InChI=1S/C14H14FN3O2S/c15-10-5-3-9(4-6-10)8-12-16-14(21-17-12)18-7-1-2-11(18)13(19)20/h3-6,11H,1-2,7-8H2,(H,19,20)/t11-/m0/s1. The molecule has 7 heteroatoms. The summed E-state index contributed by atoms with van der Waals surface area (Å²) < 4.78 is 17.1. The molecule has 0 amide bonds. The molecule has 1 fully saturated rings. The second kappa shape index (κ2) is 5.77. The molecule has 110 valence electrons. The van der Waals surface area contributed by atoms with Gasteiger partial charge in [-0.15, -0.1) is 0 Å². The van der Waals surface area contributed by atoms with Crippen LogP contribution in [-0.2, 0) is 11.2 Å². The molecule has 1 aromatic carbocycles. The molecule has 0 saturated carbocycles. The predicted molar refractivity (Wildman–Crippen MR) is 77.1 cm³/mol. The zero-order valence-corrected chi connectivity index (χ0v) is 12.0. The number of anilines is 1. The van der Waals surface area contributed by atoms with Gasteiger partial charge >= 0.3 is 5.97 Å². The number of carbonyl (C=O) groups is 1. The third-order valence-corrected chi connectivity index (χ3v) is 4.31. The zero-order valence-electron chi connectivity index (χ0n) is 11.2. The molecule has 2 aromatic rings. The lowest BCUT2D eigenvalue weighted by atomic mass is 10.1. The maximum atomic E-state index is 12.9. The van der Waals surface area contributed by atoms with Gasteiger partial charge in [-0.2, -0.15) is 4.37 Å². The van der Waals surface area contributed by atoms with Crippen LogP contribution >= 0.6 is 11.5 Å². The Morgan fingerprint density at radius 1 is 1.43 bits per heavy atom. The average molecular weight is 307 g/mol. The van der Waals surface area contributed by atoms with Crippen molar-refractivity contribution in [2.24, 2.45) is 0 Å². The molecule has 0 unspecified atom stereocenters. The van der Waals surface area contributed by atoms with Gasteiger partial charge in [-0.3, -0.25) is 0 Å². The van der Waals surface area contributed by atoms with Gasteiger partial charge in [0.2, 0.25) is 5.13 Å². The van der Waals surface area contributed by atoms with Crippen molar-refractivity contribution in [3.8, 4) is 0 Å². The number of nitrogens with zero attached hydrogens (tertiary/aromatic N) is 3. The molecule has 1 aliphatic rings. The second-order valence-electron chi connectivity index (χ2n) is 4.99. The Morgan fingerprint density at radius 2 is 2.19 bits per heavy atom. The van der Waals surface area contributed by atoms with E-state index in [1.54, 1.807) is 17.0 Å². The topological polar surface area (TPSA) is 66.3 Å². The molecule has 0 aliphatic carbocycles. The predicted octanol–water partition coefficient (Wildman–Crippen LogP) is 2.32. The fourth-order valence-corrected chi connectivity index (χ4v) is 3.23. The third-order valence-electron chi connectivity index (χ3n) is 3.52. The van der Waals surface area contributed by atoms with Crippen LogP contribution in [0, 0.1) is 5.82 Å². The van der Waals surface area contributed by atoms with E-state index in [9.17, 15) is 14.3 Å². The SMILES string of the molecule is O=C(O)[C@@H]1CCCN1c1nc(Cc2ccc(F)cc2)ns1. The molecule has 1 aromatic heterocycles. The van der Waals surface area contributed by atoms with Crippen LogP contribution in [0.4, 0.5) is 9.52 Å². The summed E-state index contributed by atoms with van der Waals surface area (Å²) in [5, 5.41) is 9.84. The molecule has 0 spiro atoms. The first-order chi connectivity index (χ1) is 10.1. The molecular formula is C14H14FN3O2S. The van der Waals surface area contributed by atoms with Crippen LogP contribution < -0.4 is 4.90 Å². The van der Waals surface area contributed by atoms with Crippen LogP contribution in [0.15, 0.2) is 24.3 Å². The van der Waals surface area contributed by atoms with Gasteiger partial charge in [-0.05, 0) is 30.5 Å². The summed E-state index contributed by atoms with van der Waals surface area (Å²) in [6.07, 6.45) is 2.01. The van der Waals surface area contributed by atoms with Gasteiger partial charge < -0.3 is 10.0 Å². The minimum Gasteiger partial charge on any atom is -0.480 e. The summed E-state index contributed by atoms with van der Waals surface area (Å²) in [5.74, 6) is -0.451. The Labute approximate surface area is 125 Å². The van der Waals surface area contributed by atoms with E-state index >= 15 is 0 Å². The number of aliphatic carboxylic acids is 1. The van der Waals surface area contributed by atoms with Crippen LogP contribution in [0.2, 0.25) is 0 Å². The number of hydrogen-bond acceptors (Lipinski definition) is 5. The molecule has 0 bridgehead atoms. The minimum atomic E-state index is -0.817. The maximum Gasteiger partial charge on any atom is 0.326 e. The molecule has 1 saturated heterocycles. The van der Waals surface area contributed by atoms with Crippen molar-refractivity contribution in [2.45, 2.75) is 25.3 Å². The fraction of sp³-hybridized carbons (Fsp3) is 0.357. The fourth-order valence-electron chi connectivity index (χ4n) is 2.47. The van der Waals surface area contributed by atoms with Crippen LogP contribution in [0.1, 0.15) is 24.2 Å². The van der Waals surface area contributed by atoms with E-state index in [2.05, 4.69) is 9.36 Å². The van der Waals surface area contributed by atoms with E-state index < -0.39 is 12.0 Å². The normalized spacial score (nSPS) is 18.1. The molecule has 3 rings (SSSR count). The van der Waals surface area contributed by atoms with E-state index in [4.69, 9.17) is 0 Å². The summed E-state index contributed by atoms with van der Waals surface area (Å²) in [6.45, 7) is 0.697. The van der Waals surface area contributed by atoms with Gasteiger partial charge in [0.15, 0.2) is 0 Å². The van der Waals surface area contributed by atoms with Gasteiger partial charge in [-0.1, -0.05) is 12.1 Å². The lowest BCUT2D eigenvalue weighted by Gasteiger charge is -2.19. The molecule has 1 aliphatic heterocycles. The van der Waals surface area contributed by atoms with Gasteiger partial charge in [0, 0.05) is 24.5 Å². The van der Waals surface area contributed by atoms with E-state index in [1.165, 1.54) is 23.7 Å². The Balaban J connectivity index is 1.74. The first kappa shape index (κ1) is 13.9. The molecule has 1 atom stereocenters. The van der Waals surface area contributed by atoms with Gasteiger partial charge in [0.1, 0.15) is 17.7 Å². The number of aromatic nitrogens is 2. The first-order valence-corrected chi connectivity index (χ1v) is 7.47. The lowest BCUT2D eigenvalue weighted by Crippen LogP contribution is -2.35. The highest BCUT2D eigenvalue weighted by Crippen LogP contribution is 2.27. The summed E-state index contributed by atoms with van der Waals surface area (Å²) in [7, 11) is 0. The Morgan fingerprint density at radius 3 is 2.90 bits per heavy atom. The molecule has 0 radical (unpaired) electrons. The summed E-state index contributed by atoms with van der Waals surface area (Å²) in [5.41, 5.74) is 0.928. The van der Waals surface area contributed by atoms with Crippen molar-refractivity contribution in [3.63, 3.8) is 0 Å². The van der Waals surface area contributed by atoms with Crippen LogP contribution in [-0.4, -0.2) is 33.0 Å². The zero-order chi connectivity index (χ0) is 14.8. The molecule has 1 N–H and O–H groups in total. The van der Waals surface area contributed by atoms with Crippen molar-refractivity contribution in [3.05, 3.63) is 41.5 Å². The molecular weight excluding hydrogens is 293 g/mol. The van der Waals surface area contributed by atoms with Gasteiger partial charge in [-0.25, -0.2) is 14.2 Å². The second-order valence-corrected chi connectivity index (χ2v) is 5.72. The van der Waals surface area contributed by atoms with E-state index in [0.717, 1.165) is 12.0 Å². The number of halogens is 1. The highest BCUT2D eigenvalue weighted by molar-refractivity contribution is 7.09. The Bertz CT molecular complexity index is 644. The van der Waals surface area contributed by atoms with E-state index in [-0.39, 0.29) is 5.82 Å².